The fraction of sp³-hybridized carbons (Fsp3) is 0.520. The molecule has 4 rings (SSSR count). The molecule has 0 radical (unpaired) electrons. The van der Waals surface area contributed by atoms with Gasteiger partial charge in [-0.05, 0) is 68.3 Å². The Balaban J connectivity index is 1.46. The van der Waals surface area contributed by atoms with E-state index in [0.29, 0.717) is 5.41 Å². The van der Waals surface area contributed by atoms with Crippen LogP contribution >= 0.6 is 0 Å². The van der Waals surface area contributed by atoms with E-state index in [1.165, 1.54) is 74.8 Å². The normalized spacial score (nSPS) is 25.8. The van der Waals surface area contributed by atoms with Gasteiger partial charge in [0.1, 0.15) is 5.75 Å². The van der Waals surface area contributed by atoms with Crippen LogP contribution < -0.4 is 4.74 Å². The smallest absolute Gasteiger partial charge is 0.119 e. The van der Waals surface area contributed by atoms with Gasteiger partial charge in [0, 0.05) is 18.5 Å². The van der Waals surface area contributed by atoms with Crippen molar-refractivity contribution in [2.24, 2.45) is 5.92 Å². The molecule has 1 saturated heterocycles. The van der Waals surface area contributed by atoms with E-state index in [0.717, 1.165) is 11.7 Å². The average Bonchev–Trinajstić information content (AvgIpc) is 2.73. The SMILES string of the molecule is COc1cccc(C23CCCCC2CN(CCc2ccc(C)cc2)CC3)c1. The molecule has 2 nitrogen and oxygen atoms in total. The molecule has 0 N–H and O–H groups in total. The monoisotopic (exact) mass is 363 g/mol. The van der Waals surface area contributed by atoms with E-state index in [1.807, 2.05) is 0 Å². The minimum Gasteiger partial charge on any atom is -0.497 e. The van der Waals surface area contributed by atoms with E-state index in [1.54, 1.807) is 7.11 Å². The maximum atomic E-state index is 5.53. The van der Waals surface area contributed by atoms with Gasteiger partial charge in [0.05, 0.1) is 7.11 Å². The third-order valence-electron chi connectivity index (χ3n) is 7.04. The minimum atomic E-state index is 0.368. The Labute approximate surface area is 164 Å². The van der Waals surface area contributed by atoms with Crippen LogP contribution in [-0.2, 0) is 11.8 Å². The number of hydrogen-bond acceptors (Lipinski definition) is 2. The fourth-order valence-corrected chi connectivity index (χ4v) is 5.37. The molecule has 2 aromatic rings. The van der Waals surface area contributed by atoms with Crippen molar-refractivity contribution in [2.75, 3.05) is 26.7 Å². The quantitative estimate of drug-likeness (QED) is 0.707. The lowest BCUT2D eigenvalue weighted by molar-refractivity contribution is 0.0568. The first-order valence-corrected chi connectivity index (χ1v) is 10.6. The number of ether oxygens (including phenoxy) is 1. The highest BCUT2D eigenvalue weighted by Gasteiger charge is 2.45. The summed E-state index contributed by atoms with van der Waals surface area (Å²) >= 11 is 0. The zero-order valence-corrected chi connectivity index (χ0v) is 16.9. The van der Waals surface area contributed by atoms with Crippen LogP contribution in [0.2, 0.25) is 0 Å². The van der Waals surface area contributed by atoms with Gasteiger partial charge < -0.3 is 9.64 Å². The molecule has 144 valence electrons. The summed E-state index contributed by atoms with van der Waals surface area (Å²) < 4.78 is 5.53. The molecular formula is C25H33NO. The lowest BCUT2D eigenvalue weighted by atomic mass is 9.59. The Morgan fingerprint density at radius 2 is 1.93 bits per heavy atom. The standard InChI is InChI=1S/C25H33NO/c1-20-9-11-21(12-10-20)13-16-26-17-15-25(14-4-3-6-23(25)19-26)22-7-5-8-24(18-22)27-2/h5,7-12,18,23H,3-4,6,13-17,19H2,1-2H3. The largest absolute Gasteiger partial charge is 0.497 e. The first-order chi connectivity index (χ1) is 13.2. The lowest BCUT2D eigenvalue weighted by Gasteiger charge is -2.51. The Morgan fingerprint density at radius 3 is 2.74 bits per heavy atom. The molecule has 0 aromatic heterocycles. The van der Waals surface area contributed by atoms with Crippen molar-refractivity contribution in [3.05, 3.63) is 65.2 Å². The summed E-state index contributed by atoms with van der Waals surface area (Å²) in [7, 11) is 1.78. The fourth-order valence-electron chi connectivity index (χ4n) is 5.37. The number of methoxy groups -OCH3 is 1. The van der Waals surface area contributed by atoms with E-state index >= 15 is 0 Å². The molecule has 1 aliphatic carbocycles. The van der Waals surface area contributed by atoms with Gasteiger partial charge in [-0.3, -0.25) is 0 Å². The molecule has 27 heavy (non-hydrogen) atoms. The number of piperidine rings is 1. The second kappa shape index (κ2) is 8.06. The Hall–Kier alpha value is -1.80. The van der Waals surface area contributed by atoms with Gasteiger partial charge in [-0.15, -0.1) is 0 Å². The minimum absolute atomic E-state index is 0.368. The van der Waals surface area contributed by atoms with Gasteiger partial charge in [0.2, 0.25) is 0 Å². The van der Waals surface area contributed by atoms with Gasteiger partial charge in [-0.25, -0.2) is 0 Å². The number of rotatable bonds is 5. The molecule has 1 aliphatic heterocycles. The van der Waals surface area contributed by atoms with Crippen LogP contribution in [0.3, 0.4) is 0 Å². The van der Waals surface area contributed by atoms with E-state index in [9.17, 15) is 0 Å². The highest BCUT2D eigenvalue weighted by atomic mass is 16.5. The van der Waals surface area contributed by atoms with Crippen molar-refractivity contribution in [1.29, 1.82) is 0 Å². The summed E-state index contributed by atoms with van der Waals surface area (Å²) in [5, 5.41) is 0. The van der Waals surface area contributed by atoms with E-state index in [2.05, 4.69) is 60.4 Å². The number of benzene rings is 2. The van der Waals surface area contributed by atoms with Crippen molar-refractivity contribution in [3.8, 4) is 5.75 Å². The van der Waals surface area contributed by atoms with E-state index < -0.39 is 0 Å². The molecule has 2 aliphatic rings. The molecule has 1 heterocycles. The van der Waals surface area contributed by atoms with Gasteiger partial charge >= 0.3 is 0 Å². The molecule has 0 amide bonds. The van der Waals surface area contributed by atoms with Crippen LogP contribution in [-0.4, -0.2) is 31.6 Å². The molecule has 2 heteroatoms. The molecular weight excluding hydrogens is 330 g/mol. The molecule has 0 spiro atoms. The zero-order chi connectivity index (χ0) is 18.7. The van der Waals surface area contributed by atoms with E-state index in [4.69, 9.17) is 4.74 Å². The van der Waals surface area contributed by atoms with Gasteiger partial charge in [-0.1, -0.05) is 54.8 Å². The summed E-state index contributed by atoms with van der Waals surface area (Å²) in [5.41, 5.74) is 4.70. The first kappa shape index (κ1) is 18.6. The number of fused-ring (bicyclic) bond motifs is 1. The number of aryl methyl sites for hydroxylation is 1. The number of nitrogens with zero attached hydrogens (tertiary/aromatic N) is 1. The third kappa shape index (κ3) is 3.91. The molecule has 0 bridgehead atoms. The average molecular weight is 364 g/mol. The number of likely N-dealkylation sites (tertiary alicyclic amines) is 1. The molecule has 2 atom stereocenters. The number of hydrogen-bond donors (Lipinski definition) is 0. The Kier molecular flexibility index (Phi) is 5.54. The van der Waals surface area contributed by atoms with Gasteiger partial charge in [0.15, 0.2) is 0 Å². The summed E-state index contributed by atoms with van der Waals surface area (Å²) in [4.78, 5) is 2.72. The van der Waals surface area contributed by atoms with Crippen molar-refractivity contribution in [2.45, 2.75) is 50.9 Å². The molecule has 2 aromatic carbocycles. The topological polar surface area (TPSA) is 12.5 Å². The summed E-state index contributed by atoms with van der Waals surface area (Å²) in [6.45, 7) is 5.83. The summed E-state index contributed by atoms with van der Waals surface area (Å²) in [6, 6.07) is 18.0. The van der Waals surface area contributed by atoms with Crippen LogP contribution in [0.15, 0.2) is 48.5 Å². The van der Waals surface area contributed by atoms with Crippen LogP contribution in [0, 0.1) is 12.8 Å². The predicted molar refractivity (Wildman–Crippen MR) is 113 cm³/mol. The maximum absolute atomic E-state index is 5.53. The van der Waals surface area contributed by atoms with Crippen molar-refractivity contribution >= 4 is 0 Å². The van der Waals surface area contributed by atoms with Gasteiger partial charge in [-0.2, -0.15) is 0 Å². The van der Waals surface area contributed by atoms with Crippen molar-refractivity contribution in [3.63, 3.8) is 0 Å². The highest BCUT2D eigenvalue weighted by Crippen LogP contribution is 2.49. The van der Waals surface area contributed by atoms with Crippen LogP contribution in [0.5, 0.6) is 5.75 Å². The molecule has 2 fully saturated rings. The predicted octanol–water partition coefficient (Wildman–Crippen LogP) is 5.38. The molecule has 2 unspecified atom stereocenters. The van der Waals surface area contributed by atoms with Gasteiger partial charge in [0.25, 0.3) is 0 Å². The highest BCUT2D eigenvalue weighted by molar-refractivity contribution is 5.36. The summed E-state index contributed by atoms with van der Waals surface area (Å²) in [6.07, 6.45) is 7.94. The maximum Gasteiger partial charge on any atom is 0.119 e. The second-order valence-electron chi connectivity index (χ2n) is 8.62. The Morgan fingerprint density at radius 1 is 1.07 bits per heavy atom. The second-order valence-corrected chi connectivity index (χ2v) is 8.62. The van der Waals surface area contributed by atoms with Crippen LogP contribution in [0.1, 0.15) is 48.8 Å². The van der Waals surface area contributed by atoms with Crippen LogP contribution in [0.25, 0.3) is 0 Å². The zero-order valence-electron chi connectivity index (χ0n) is 16.9. The summed E-state index contributed by atoms with van der Waals surface area (Å²) in [5.74, 6) is 1.79. The Bertz CT molecular complexity index is 753. The van der Waals surface area contributed by atoms with Crippen molar-refractivity contribution in [1.82, 2.24) is 4.90 Å². The first-order valence-electron chi connectivity index (χ1n) is 10.6. The van der Waals surface area contributed by atoms with Crippen LogP contribution in [0.4, 0.5) is 0 Å². The van der Waals surface area contributed by atoms with E-state index in [-0.39, 0.29) is 0 Å². The molecule has 1 saturated carbocycles. The lowest BCUT2D eigenvalue weighted by Crippen LogP contribution is -2.51. The third-order valence-corrected chi connectivity index (χ3v) is 7.04. The van der Waals surface area contributed by atoms with Crippen molar-refractivity contribution < 1.29 is 4.74 Å².